The molecule has 1 aliphatic carbocycles. The van der Waals surface area contributed by atoms with E-state index < -0.39 is 12.0 Å². The number of nitrogens with one attached hydrogen (secondary N) is 1. The van der Waals surface area contributed by atoms with Crippen LogP contribution in [0.25, 0.3) is 0 Å². The summed E-state index contributed by atoms with van der Waals surface area (Å²) < 4.78 is 11.2. The van der Waals surface area contributed by atoms with Crippen molar-refractivity contribution in [2.75, 3.05) is 26.6 Å². The van der Waals surface area contributed by atoms with E-state index in [1.807, 2.05) is 18.2 Å². The van der Waals surface area contributed by atoms with Gasteiger partial charge in [-0.1, -0.05) is 58.2 Å². The first-order valence-corrected chi connectivity index (χ1v) is 12.4. The van der Waals surface area contributed by atoms with Gasteiger partial charge in [0.15, 0.2) is 0 Å². The fourth-order valence-corrected chi connectivity index (χ4v) is 4.40. The molecule has 2 unspecified atom stereocenters. The van der Waals surface area contributed by atoms with E-state index in [4.69, 9.17) is 20.0 Å². The smallest absolute Gasteiger partial charge is 0.248 e. The molecule has 0 bridgehead atoms. The van der Waals surface area contributed by atoms with Gasteiger partial charge in [0.1, 0.15) is 24.7 Å². The van der Waals surface area contributed by atoms with Crippen LogP contribution in [0.1, 0.15) is 75.7 Å². The second-order valence-corrected chi connectivity index (χ2v) is 10.0. The van der Waals surface area contributed by atoms with Crippen LogP contribution in [0.3, 0.4) is 0 Å². The second-order valence-electron chi connectivity index (χ2n) is 10.0. The third-order valence-corrected chi connectivity index (χ3v) is 6.27. The number of primary amides is 1. The molecule has 36 heavy (non-hydrogen) atoms. The van der Waals surface area contributed by atoms with Crippen molar-refractivity contribution in [1.29, 1.82) is 0 Å². The van der Waals surface area contributed by atoms with Gasteiger partial charge in [0, 0.05) is 24.8 Å². The van der Waals surface area contributed by atoms with Crippen molar-refractivity contribution in [2.45, 2.75) is 71.3 Å². The highest BCUT2D eigenvalue weighted by Crippen LogP contribution is 2.34. The topological polar surface area (TPSA) is 112 Å². The summed E-state index contributed by atoms with van der Waals surface area (Å²) in [4.78, 5) is 30.2. The van der Waals surface area contributed by atoms with Crippen LogP contribution in [0, 0.1) is 5.92 Å². The summed E-state index contributed by atoms with van der Waals surface area (Å²) in [6.07, 6.45) is 7.49. The predicted octanol–water partition coefficient (Wildman–Crippen LogP) is 5.10. The molecule has 1 aromatic carbocycles. The van der Waals surface area contributed by atoms with E-state index in [1.165, 1.54) is 7.11 Å². The van der Waals surface area contributed by atoms with Gasteiger partial charge in [-0.05, 0) is 53.2 Å². The highest BCUT2D eigenvalue weighted by atomic mass is 16.6. The summed E-state index contributed by atoms with van der Waals surface area (Å²) in [5.74, 6) is -0.139. The van der Waals surface area contributed by atoms with Gasteiger partial charge in [-0.15, -0.1) is 0 Å². The molecule has 1 aromatic rings. The predicted molar refractivity (Wildman–Crippen MR) is 143 cm³/mol. The molecule has 0 heterocycles. The Hall–Kier alpha value is -3.13. The number of hydrogen-bond acceptors (Lipinski definition) is 6. The van der Waals surface area contributed by atoms with Crippen LogP contribution in [0.2, 0.25) is 0 Å². The molecule has 198 valence electrons. The molecule has 1 aliphatic rings. The number of carbonyl (C=O) groups is 2. The Balaban J connectivity index is 2.40. The lowest BCUT2D eigenvalue weighted by Gasteiger charge is -2.27. The monoisotopic (exact) mass is 499 g/mol. The van der Waals surface area contributed by atoms with E-state index in [9.17, 15) is 9.59 Å². The zero-order valence-electron chi connectivity index (χ0n) is 22.6. The highest BCUT2D eigenvalue weighted by molar-refractivity contribution is 6.02. The van der Waals surface area contributed by atoms with E-state index in [-0.39, 0.29) is 23.7 Å². The van der Waals surface area contributed by atoms with E-state index in [0.29, 0.717) is 22.7 Å². The number of methoxy groups -OCH3 is 2. The lowest BCUT2D eigenvalue weighted by molar-refractivity contribution is -0.116. The first-order chi connectivity index (χ1) is 17.0. The number of rotatable bonds is 12. The number of oxime groups is 1. The van der Waals surface area contributed by atoms with Crippen molar-refractivity contribution in [3.8, 4) is 0 Å². The maximum atomic E-state index is 13.4. The van der Waals surface area contributed by atoms with Crippen molar-refractivity contribution >= 4 is 23.2 Å². The molecule has 3 N–H and O–H groups in total. The average Bonchev–Trinajstić information content (AvgIpc) is 2.82. The fourth-order valence-electron chi connectivity index (χ4n) is 4.40. The van der Waals surface area contributed by atoms with Crippen molar-refractivity contribution in [1.82, 2.24) is 0 Å². The molecule has 0 spiro atoms. The number of carbonyl (C=O) groups excluding carboxylic acids is 2. The Labute approximate surface area is 214 Å². The summed E-state index contributed by atoms with van der Waals surface area (Å²) in [7, 11) is 4.69. The van der Waals surface area contributed by atoms with Crippen LogP contribution in [-0.4, -0.2) is 45.0 Å². The maximum Gasteiger partial charge on any atom is 0.248 e. The lowest BCUT2D eigenvalue weighted by atomic mass is 9.84. The molecule has 2 atom stereocenters. The van der Waals surface area contributed by atoms with E-state index >= 15 is 0 Å². The molecule has 0 fully saturated rings. The van der Waals surface area contributed by atoms with Crippen LogP contribution >= 0.6 is 0 Å². The van der Waals surface area contributed by atoms with Gasteiger partial charge in [-0.2, -0.15) is 0 Å². The molecule has 2 amide bonds. The van der Waals surface area contributed by atoms with Gasteiger partial charge in [0.25, 0.3) is 0 Å². The number of nitrogens with zero attached hydrogens (tertiary/aromatic N) is 1. The number of unbranched alkanes of at least 4 members (excludes halogenated alkanes) is 2. The molecule has 8 heteroatoms. The molecule has 0 saturated heterocycles. The number of benzene rings is 1. The van der Waals surface area contributed by atoms with Gasteiger partial charge >= 0.3 is 0 Å². The summed E-state index contributed by atoms with van der Waals surface area (Å²) in [6, 6.07) is 5.19. The Morgan fingerprint density at radius 3 is 2.44 bits per heavy atom. The van der Waals surface area contributed by atoms with Crippen LogP contribution in [0.4, 0.5) is 5.69 Å². The Kier molecular flexibility index (Phi) is 10.7. The minimum Gasteiger partial charge on any atom is -0.497 e. The summed E-state index contributed by atoms with van der Waals surface area (Å²) >= 11 is 0. The summed E-state index contributed by atoms with van der Waals surface area (Å²) in [5.41, 5.74) is 8.63. The van der Waals surface area contributed by atoms with Gasteiger partial charge in [0.05, 0.1) is 7.11 Å². The zero-order valence-corrected chi connectivity index (χ0v) is 22.6. The van der Waals surface area contributed by atoms with Crippen molar-refractivity contribution in [3.05, 3.63) is 52.8 Å². The van der Waals surface area contributed by atoms with Crippen molar-refractivity contribution < 1.29 is 23.9 Å². The zero-order chi connectivity index (χ0) is 26.9. The van der Waals surface area contributed by atoms with Crippen molar-refractivity contribution in [3.63, 3.8) is 0 Å². The number of hydrogen-bond donors (Lipinski definition) is 2. The summed E-state index contributed by atoms with van der Waals surface area (Å²) in [5, 5.41) is 7.16. The molecular formula is C28H41N3O5. The van der Waals surface area contributed by atoms with E-state index in [2.05, 4.69) is 38.2 Å². The number of allylic oxidation sites excluding steroid dienone is 1. The SMILES string of the molecule is CCCCCC(CC(=O)Nc1cc(C(N)=O)ccc1C(C)(C)C)C1=CC(=NOC)C(OC)C=C1OC. The molecule has 8 nitrogen and oxygen atoms in total. The summed E-state index contributed by atoms with van der Waals surface area (Å²) in [6.45, 7) is 8.32. The fraction of sp³-hybridized carbons (Fsp3) is 0.536. The van der Waals surface area contributed by atoms with Crippen LogP contribution in [0.5, 0.6) is 0 Å². The van der Waals surface area contributed by atoms with E-state index in [0.717, 1.165) is 36.8 Å². The minimum atomic E-state index is -0.539. The molecule has 2 rings (SSSR count). The van der Waals surface area contributed by atoms with Gasteiger partial charge in [-0.3, -0.25) is 9.59 Å². The van der Waals surface area contributed by atoms with Crippen LogP contribution < -0.4 is 11.1 Å². The first-order valence-electron chi connectivity index (χ1n) is 12.4. The highest BCUT2D eigenvalue weighted by Gasteiger charge is 2.29. The second kappa shape index (κ2) is 13.3. The Morgan fingerprint density at radius 2 is 1.89 bits per heavy atom. The van der Waals surface area contributed by atoms with E-state index in [1.54, 1.807) is 26.4 Å². The number of anilines is 1. The normalized spacial score (nSPS) is 17.8. The molecule has 0 aromatic heterocycles. The van der Waals surface area contributed by atoms with Gasteiger partial charge < -0.3 is 25.4 Å². The lowest BCUT2D eigenvalue weighted by Crippen LogP contribution is -2.28. The number of ether oxygens (including phenoxy) is 2. The Bertz CT molecular complexity index is 1020. The standard InChI is InChI=1S/C28H41N3O5/c1-8-9-10-11-18(20-16-23(31-36-7)25(35-6)17-24(20)34-5)15-26(32)30-22-14-19(27(29)33)12-13-21(22)28(2,3)4/h12-14,16-18,25H,8-11,15H2,1-7H3,(H2,29,33)(H,30,32). The molecule has 0 radical (unpaired) electrons. The minimum absolute atomic E-state index is 0.111. The average molecular weight is 500 g/mol. The number of amides is 2. The number of nitrogens with two attached hydrogens (primary N) is 1. The third kappa shape index (κ3) is 7.68. The third-order valence-electron chi connectivity index (χ3n) is 6.27. The van der Waals surface area contributed by atoms with Gasteiger partial charge in [-0.25, -0.2) is 0 Å². The molecule has 0 saturated carbocycles. The van der Waals surface area contributed by atoms with Crippen molar-refractivity contribution in [2.24, 2.45) is 16.8 Å². The maximum absolute atomic E-state index is 13.4. The van der Waals surface area contributed by atoms with Crippen LogP contribution in [-0.2, 0) is 24.5 Å². The largest absolute Gasteiger partial charge is 0.497 e. The molecular weight excluding hydrogens is 458 g/mol. The van der Waals surface area contributed by atoms with Crippen LogP contribution in [0.15, 0.2) is 46.8 Å². The molecule has 0 aliphatic heterocycles. The van der Waals surface area contributed by atoms with Gasteiger partial charge in [0.2, 0.25) is 11.8 Å². The quantitative estimate of drug-likeness (QED) is 0.307. The first kappa shape index (κ1) is 29.1. The Morgan fingerprint density at radius 1 is 1.17 bits per heavy atom.